The molecular formula is C23H38O4. The van der Waals surface area contributed by atoms with Gasteiger partial charge in [0.15, 0.2) is 0 Å². The SMILES string of the molecule is CC(CC(=O)O)C1CCC2[C@H]3C(CC[C@]12C)[C@@]1(C)CCC(O)C[C@H]1C[C@@H]3O. The van der Waals surface area contributed by atoms with Crippen LogP contribution in [0.2, 0.25) is 0 Å². The molecule has 27 heavy (non-hydrogen) atoms. The summed E-state index contributed by atoms with van der Waals surface area (Å²) >= 11 is 0. The lowest BCUT2D eigenvalue weighted by Gasteiger charge is -2.62. The van der Waals surface area contributed by atoms with Crippen molar-refractivity contribution in [3.8, 4) is 0 Å². The number of carboxylic acid groups (broad SMARTS) is 1. The number of carboxylic acids is 1. The molecule has 4 heteroatoms. The van der Waals surface area contributed by atoms with E-state index in [1.54, 1.807) is 0 Å². The first-order valence-electron chi connectivity index (χ1n) is 11.2. The molecular weight excluding hydrogens is 340 g/mol. The summed E-state index contributed by atoms with van der Waals surface area (Å²) in [5.41, 5.74) is 0.434. The highest BCUT2D eigenvalue weighted by atomic mass is 16.4. The Balaban J connectivity index is 1.60. The monoisotopic (exact) mass is 378 g/mol. The normalized spacial score (nSPS) is 53.1. The zero-order valence-electron chi connectivity index (χ0n) is 17.2. The Morgan fingerprint density at radius 3 is 2.37 bits per heavy atom. The molecule has 4 saturated carbocycles. The van der Waals surface area contributed by atoms with E-state index in [-0.39, 0.29) is 35.4 Å². The van der Waals surface area contributed by atoms with Gasteiger partial charge in [-0.1, -0.05) is 20.8 Å². The van der Waals surface area contributed by atoms with Crippen molar-refractivity contribution in [2.45, 2.75) is 90.8 Å². The predicted octanol–water partition coefficient (Wildman–Crippen LogP) is 4.09. The molecule has 154 valence electrons. The smallest absolute Gasteiger partial charge is 0.303 e. The number of aliphatic carboxylic acids is 1. The summed E-state index contributed by atoms with van der Waals surface area (Å²) in [6, 6.07) is 0. The van der Waals surface area contributed by atoms with E-state index in [0.717, 1.165) is 44.9 Å². The Hall–Kier alpha value is -0.610. The van der Waals surface area contributed by atoms with Crippen molar-refractivity contribution in [2.75, 3.05) is 0 Å². The first-order valence-corrected chi connectivity index (χ1v) is 11.2. The lowest BCUT2D eigenvalue weighted by atomic mass is 9.43. The zero-order valence-corrected chi connectivity index (χ0v) is 17.2. The van der Waals surface area contributed by atoms with Crippen LogP contribution >= 0.6 is 0 Å². The van der Waals surface area contributed by atoms with Crippen molar-refractivity contribution in [1.29, 1.82) is 0 Å². The molecule has 4 aliphatic carbocycles. The summed E-state index contributed by atoms with van der Waals surface area (Å²) in [4.78, 5) is 11.3. The van der Waals surface area contributed by atoms with Crippen LogP contribution in [0, 0.1) is 46.3 Å². The van der Waals surface area contributed by atoms with Gasteiger partial charge >= 0.3 is 5.97 Å². The third-order valence-corrected chi connectivity index (χ3v) is 9.91. The molecule has 5 unspecified atom stereocenters. The van der Waals surface area contributed by atoms with Gasteiger partial charge in [-0.3, -0.25) is 4.79 Å². The van der Waals surface area contributed by atoms with Crippen LogP contribution in [0.25, 0.3) is 0 Å². The fraction of sp³-hybridized carbons (Fsp3) is 0.957. The molecule has 0 aliphatic heterocycles. The van der Waals surface area contributed by atoms with Crippen molar-refractivity contribution in [1.82, 2.24) is 0 Å². The first-order chi connectivity index (χ1) is 12.7. The molecule has 0 aromatic rings. The van der Waals surface area contributed by atoms with Crippen LogP contribution in [0.3, 0.4) is 0 Å². The van der Waals surface area contributed by atoms with E-state index in [4.69, 9.17) is 0 Å². The number of hydrogen-bond acceptors (Lipinski definition) is 3. The Morgan fingerprint density at radius 2 is 1.67 bits per heavy atom. The maximum atomic E-state index is 11.3. The fourth-order valence-corrected chi connectivity index (χ4v) is 8.59. The molecule has 0 radical (unpaired) electrons. The Labute approximate surface area is 163 Å². The second-order valence-corrected chi connectivity index (χ2v) is 11.0. The average Bonchev–Trinajstić information content (AvgIpc) is 2.93. The van der Waals surface area contributed by atoms with Crippen molar-refractivity contribution in [2.24, 2.45) is 46.3 Å². The third kappa shape index (κ3) is 2.97. The minimum absolute atomic E-state index is 0.175. The summed E-state index contributed by atoms with van der Waals surface area (Å²) in [6.07, 6.45) is 8.12. The second kappa shape index (κ2) is 6.73. The first kappa shape index (κ1) is 19.7. The van der Waals surface area contributed by atoms with E-state index in [2.05, 4.69) is 20.8 Å². The largest absolute Gasteiger partial charge is 0.481 e. The third-order valence-electron chi connectivity index (χ3n) is 9.91. The highest BCUT2D eigenvalue weighted by molar-refractivity contribution is 5.67. The topological polar surface area (TPSA) is 77.8 Å². The molecule has 4 nitrogen and oxygen atoms in total. The van der Waals surface area contributed by atoms with Crippen LogP contribution in [0.15, 0.2) is 0 Å². The highest BCUT2D eigenvalue weighted by Gasteiger charge is 2.62. The number of carbonyl (C=O) groups is 1. The van der Waals surface area contributed by atoms with Gasteiger partial charge in [-0.2, -0.15) is 0 Å². The van der Waals surface area contributed by atoms with Crippen LogP contribution in [0.1, 0.15) is 78.6 Å². The summed E-state index contributed by atoms with van der Waals surface area (Å²) in [7, 11) is 0. The lowest BCUT2D eigenvalue weighted by molar-refractivity contribution is -0.174. The van der Waals surface area contributed by atoms with Gasteiger partial charge in [0.2, 0.25) is 0 Å². The van der Waals surface area contributed by atoms with E-state index >= 15 is 0 Å². The van der Waals surface area contributed by atoms with Crippen molar-refractivity contribution in [3.05, 3.63) is 0 Å². The molecule has 0 heterocycles. The van der Waals surface area contributed by atoms with Crippen LogP contribution in [0.5, 0.6) is 0 Å². The molecule has 4 aliphatic rings. The molecule has 3 N–H and O–H groups in total. The second-order valence-electron chi connectivity index (χ2n) is 11.0. The summed E-state index contributed by atoms with van der Waals surface area (Å²) in [6.45, 7) is 6.96. The summed E-state index contributed by atoms with van der Waals surface area (Å²) in [5.74, 6) is 1.89. The van der Waals surface area contributed by atoms with Gasteiger partial charge in [0.05, 0.1) is 12.2 Å². The van der Waals surface area contributed by atoms with Crippen molar-refractivity contribution in [3.63, 3.8) is 0 Å². The fourth-order valence-electron chi connectivity index (χ4n) is 8.59. The number of rotatable bonds is 3. The van der Waals surface area contributed by atoms with Crippen LogP contribution in [-0.4, -0.2) is 33.5 Å². The molecule has 10 atom stereocenters. The Kier molecular flexibility index (Phi) is 4.91. The zero-order chi connectivity index (χ0) is 19.6. The lowest BCUT2D eigenvalue weighted by Crippen LogP contribution is -2.58. The van der Waals surface area contributed by atoms with Gasteiger partial charge < -0.3 is 15.3 Å². The van der Waals surface area contributed by atoms with E-state index < -0.39 is 5.97 Å². The summed E-state index contributed by atoms with van der Waals surface area (Å²) < 4.78 is 0. The minimum atomic E-state index is -0.683. The quantitative estimate of drug-likeness (QED) is 0.691. The number of aliphatic hydroxyl groups is 2. The standard InChI is InChI=1S/C23H38O4/c1-13(10-20(26)27)16-4-5-17-21-18(7-9-23(16,17)3)22(2)8-6-15(24)11-14(22)12-19(21)25/h13-19,21,24-25H,4-12H2,1-3H3,(H,26,27)/t13?,14-,15?,16?,17?,18?,19-,21-,22-,23+/m0/s1. The van der Waals surface area contributed by atoms with Gasteiger partial charge in [-0.05, 0) is 97.7 Å². The molecule has 0 bridgehead atoms. The summed E-state index contributed by atoms with van der Waals surface area (Å²) in [5, 5.41) is 30.7. The molecule has 4 rings (SSSR count). The van der Waals surface area contributed by atoms with Gasteiger partial charge in [-0.15, -0.1) is 0 Å². The van der Waals surface area contributed by atoms with Gasteiger partial charge in [-0.25, -0.2) is 0 Å². The molecule has 0 aromatic carbocycles. The van der Waals surface area contributed by atoms with E-state index in [1.807, 2.05) is 0 Å². The van der Waals surface area contributed by atoms with Gasteiger partial charge in [0.1, 0.15) is 0 Å². The van der Waals surface area contributed by atoms with E-state index in [9.17, 15) is 20.1 Å². The number of fused-ring (bicyclic) bond motifs is 5. The Morgan fingerprint density at radius 1 is 1.00 bits per heavy atom. The maximum absolute atomic E-state index is 11.3. The van der Waals surface area contributed by atoms with Crippen LogP contribution in [0.4, 0.5) is 0 Å². The molecule has 0 saturated heterocycles. The van der Waals surface area contributed by atoms with E-state index in [1.165, 1.54) is 6.42 Å². The van der Waals surface area contributed by atoms with E-state index in [0.29, 0.717) is 29.6 Å². The predicted molar refractivity (Wildman–Crippen MR) is 104 cm³/mol. The maximum Gasteiger partial charge on any atom is 0.303 e. The molecule has 0 aromatic heterocycles. The number of aliphatic hydroxyl groups excluding tert-OH is 2. The highest BCUT2D eigenvalue weighted by Crippen LogP contribution is 2.68. The Bertz CT molecular complexity index is 591. The minimum Gasteiger partial charge on any atom is -0.481 e. The number of hydrogen-bond donors (Lipinski definition) is 3. The van der Waals surface area contributed by atoms with Crippen LogP contribution in [-0.2, 0) is 4.79 Å². The molecule has 0 amide bonds. The van der Waals surface area contributed by atoms with Crippen molar-refractivity contribution < 1.29 is 20.1 Å². The van der Waals surface area contributed by atoms with Crippen LogP contribution < -0.4 is 0 Å². The van der Waals surface area contributed by atoms with Gasteiger partial charge in [0.25, 0.3) is 0 Å². The molecule has 0 spiro atoms. The average molecular weight is 379 g/mol. The van der Waals surface area contributed by atoms with Crippen molar-refractivity contribution >= 4 is 5.97 Å². The van der Waals surface area contributed by atoms with Gasteiger partial charge in [0, 0.05) is 6.42 Å². The molecule has 4 fully saturated rings.